The van der Waals surface area contributed by atoms with Crippen LogP contribution in [0.4, 0.5) is 5.13 Å². The van der Waals surface area contributed by atoms with Gasteiger partial charge in [0, 0.05) is 44.8 Å². The monoisotopic (exact) mass is 442 g/mol. The Morgan fingerprint density at radius 2 is 1.80 bits per heavy atom. The first-order valence-corrected chi connectivity index (χ1v) is 11.5. The van der Waals surface area contributed by atoms with Crippen LogP contribution in [0.2, 0.25) is 5.02 Å². The molecule has 4 rings (SSSR count). The summed E-state index contributed by atoms with van der Waals surface area (Å²) in [5, 5.41) is 4.87. The molecule has 2 heterocycles. The van der Waals surface area contributed by atoms with Crippen molar-refractivity contribution in [2.45, 2.75) is 20.8 Å². The zero-order valence-corrected chi connectivity index (χ0v) is 19.2. The van der Waals surface area contributed by atoms with Crippen LogP contribution in [-0.4, -0.2) is 55.1 Å². The molecule has 3 aromatic rings. The lowest BCUT2D eigenvalue weighted by Crippen LogP contribution is -2.48. The molecule has 1 N–H and O–H groups in total. The van der Waals surface area contributed by atoms with E-state index in [-0.39, 0.29) is 5.91 Å². The van der Waals surface area contributed by atoms with E-state index in [0.717, 1.165) is 69.8 Å². The summed E-state index contributed by atoms with van der Waals surface area (Å²) in [5.74, 6) is -0.00143. The number of hydrogen-bond acceptors (Lipinski definition) is 5. The highest BCUT2D eigenvalue weighted by Gasteiger charge is 2.21. The van der Waals surface area contributed by atoms with Gasteiger partial charge in [-0.2, -0.15) is 0 Å². The molecule has 0 unspecified atom stereocenters. The lowest BCUT2D eigenvalue weighted by atomic mass is 10.1. The number of fused-ring (bicyclic) bond motifs is 1. The zero-order valence-electron chi connectivity index (χ0n) is 17.7. The average molecular weight is 443 g/mol. The van der Waals surface area contributed by atoms with Crippen molar-refractivity contribution in [3.63, 3.8) is 0 Å². The van der Waals surface area contributed by atoms with Gasteiger partial charge in [0.1, 0.15) is 0 Å². The topological polar surface area (TPSA) is 48.5 Å². The molecule has 0 atom stereocenters. The SMILES string of the molecule is Cc1ccc(C(=O)NCCN2CCN(c3nc4c(C)ccc(Cl)c4s3)CC2)cc1C. The molecule has 0 aliphatic carbocycles. The van der Waals surface area contributed by atoms with Gasteiger partial charge in [0.2, 0.25) is 0 Å². The Hall–Kier alpha value is -2.15. The Kier molecular flexibility index (Phi) is 6.27. The van der Waals surface area contributed by atoms with Gasteiger partial charge in [-0.25, -0.2) is 4.98 Å². The van der Waals surface area contributed by atoms with Gasteiger partial charge in [-0.3, -0.25) is 9.69 Å². The maximum atomic E-state index is 12.4. The van der Waals surface area contributed by atoms with Crippen molar-refractivity contribution in [1.82, 2.24) is 15.2 Å². The van der Waals surface area contributed by atoms with Crippen LogP contribution < -0.4 is 10.2 Å². The average Bonchev–Trinajstić information content (AvgIpc) is 3.20. The van der Waals surface area contributed by atoms with Gasteiger partial charge < -0.3 is 10.2 Å². The van der Waals surface area contributed by atoms with Crippen LogP contribution in [0.3, 0.4) is 0 Å². The smallest absolute Gasteiger partial charge is 0.251 e. The maximum Gasteiger partial charge on any atom is 0.251 e. The summed E-state index contributed by atoms with van der Waals surface area (Å²) in [5.41, 5.74) is 5.25. The van der Waals surface area contributed by atoms with Crippen LogP contribution in [0.5, 0.6) is 0 Å². The summed E-state index contributed by atoms with van der Waals surface area (Å²) < 4.78 is 1.07. The van der Waals surface area contributed by atoms with E-state index in [1.807, 2.05) is 37.3 Å². The molecule has 2 aromatic carbocycles. The fourth-order valence-electron chi connectivity index (χ4n) is 3.70. The van der Waals surface area contributed by atoms with Gasteiger partial charge in [-0.05, 0) is 55.7 Å². The molecule has 30 heavy (non-hydrogen) atoms. The molecule has 1 aliphatic heterocycles. The summed E-state index contributed by atoms with van der Waals surface area (Å²) in [6.45, 7) is 11.5. The van der Waals surface area contributed by atoms with Crippen molar-refractivity contribution in [1.29, 1.82) is 0 Å². The Bertz CT molecular complexity index is 1030. The van der Waals surface area contributed by atoms with Crippen LogP contribution in [0.15, 0.2) is 30.3 Å². The molecule has 0 spiro atoms. The summed E-state index contributed by atoms with van der Waals surface area (Å²) in [6.07, 6.45) is 0. The summed E-state index contributed by atoms with van der Waals surface area (Å²) in [7, 11) is 0. The van der Waals surface area contributed by atoms with Crippen LogP contribution >= 0.6 is 22.9 Å². The van der Waals surface area contributed by atoms with Crippen LogP contribution in [-0.2, 0) is 0 Å². The first-order valence-electron chi connectivity index (χ1n) is 10.3. The number of aromatic nitrogens is 1. The highest BCUT2D eigenvalue weighted by molar-refractivity contribution is 7.22. The number of amides is 1. The van der Waals surface area contributed by atoms with Gasteiger partial charge >= 0.3 is 0 Å². The molecular weight excluding hydrogens is 416 g/mol. The van der Waals surface area contributed by atoms with E-state index in [2.05, 4.69) is 29.0 Å². The molecule has 1 amide bonds. The fraction of sp³-hybridized carbons (Fsp3) is 0.391. The molecule has 1 aliphatic rings. The van der Waals surface area contributed by atoms with E-state index in [0.29, 0.717) is 6.54 Å². The van der Waals surface area contributed by atoms with E-state index < -0.39 is 0 Å². The third-order valence-corrected chi connectivity index (χ3v) is 7.39. The van der Waals surface area contributed by atoms with Crippen LogP contribution in [0.25, 0.3) is 10.2 Å². The number of piperazine rings is 1. The molecule has 1 aromatic heterocycles. The van der Waals surface area contributed by atoms with E-state index >= 15 is 0 Å². The van der Waals surface area contributed by atoms with Crippen molar-refractivity contribution < 1.29 is 4.79 Å². The third-order valence-electron chi connectivity index (χ3n) is 5.81. The van der Waals surface area contributed by atoms with Gasteiger partial charge in [0.05, 0.1) is 15.2 Å². The van der Waals surface area contributed by atoms with Gasteiger partial charge in [0.25, 0.3) is 5.91 Å². The Labute approximate surface area is 186 Å². The largest absolute Gasteiger partial charge is 0.351 e. The van der Waals surface area contributed by atoms with Crippen molar-refractivity contribution in [3.8, 4) is 0 Å². The van der Waals surface area contributed by atoms with E-state index in [9.17, 15) is 4.79 Å². The van der Waals surface area contributed by atoms with Gasteiger partial charge in [-0.15, -0.1) is 0 Å². The first-order chi connectivity index (χ1) is 14.4. The number of nitrogens with one attached hydrogen (secondary N) is 1. The van der Waals surface area contributed by atoms with Crippen molar-refractivity contribution >= 4 is 44.2 Å². The van der Waals surface area contributed by atoms with E-state index in [1.54, 1.807) is 11.3 Å². The molecule has 7 heteroatoms. The summed E-state index contributed by atoms with van der Waals surface area (Å²) >= 11 is 8.03. The Morgan fingerprint density at radius 1 is 1.07 bits per heavy atom. The molecule has 158 valence electrons. The van der Waals surface area contributed by atoms with Crippen LogP contribution in [0, 0.1) is 20.8 Å². The number of halogens is 1. The molecule has 1 saturated heterocycles. The normalized spacial score (nSPS) is 15.0. The summed E-state index contributed by atoms with van der Waals surface area (Å²) in [4.78, 5) is 21.9. The lowest BCUT2D eigenvalue weighted by Gasteiger charge is -2.34. The minimum absolute atomic E-state index is 0.00143. The minimum atomic E-state index is -0.00143. The first kappa shape index (κ1) is 21.1. The number of anilines is 1. The molecular formula is C23H27ClN4OS. The molecule has 5 nitrogen and oxygen atoms in total. The molecule has 1 fully saturated rings. The lowest BCUT2D eigenvalue weighted by molar-refractivity contribution is 0.0947. The summed E-state index contributed by atoms with van der Waals surface area (Å²) in [6, 6.07) is 9.82. The number of aryl methyl sites for hydroxylation is 3. The van der Waals surface area contributed by atoms with E-state index in [1.165, 1.54) is 5.56 Å². The zero-order chi connectivity index (χ0) is 21.3. The van der Waals surface area contributed by atoms with Gasteiger partial charge in [-0.1, -0.05) is 35.1 Å². The second-order valence-electron chi connectivity index (χ2n) is 7.92. The van der Waals surface area contributed by atoms with Gasteiger partial charge in [0.15, 0.2) is 5.13 Å². The highest BCUT2D eigenvalue weighted by Crippen LogP contribution is 2.35. The predicted molar refractivity (Wildman–Crippen MR) is 126 cm³/mol. The number of hydrogen-bond donors (Lipinski definition) is 1. The number of rotatable bonds is 5. The quantitative estimate of drug-likeness (QED) is 0.635. The number of carbonyl (C=O) groups excluding carboxylic acids is 1. The molecule has 0 saturated carbocycles. The number of thiazole rings is 1. The van der Waals surface area contributed by atoms with Crippen molar-refractivity contribution in [2.24, 2.45) is 0 Å². The maximum absolute atomic E-state index is 12.4. The highest BCUT2D eigenvalue weighted by atomic mass is 35.5. The fourth-order valence-corrected chi connectivity index (χ4v) is 5.07. The van der Waals surface area contributed by atoms with Crippen molar-refractivity contribution in [2.75, 3.05) is 44.2 Å². The predicted octanol–water partition coefficient (Wildman–Crippen LogP) is 4.43. The second-order valence-corrected chi connectivity index (χ2v) is 9.31. The third kappa shape index (κ3) is 4.46. The van der Waals surface area contributed by atoms with Crippen LogP contribution in [0.1, 0.15) is 27.0 Å². The van der Waals surface area contributed by atoms with Crippen molar-refractivity contribution in [3.05, 3.63) is 57.6 Å². The number of nitrogens with zero attached hydrogens (tertiary/aromatic N) is 3. The van der Waals surface area contributed by atoms with E-state index in [4.69, 9.17) is 16.6 Å². The Morgan fingerprint density at radius 3 is 2.50 bits per heavy atom. The number of carbonyl (C=O) groups is 1. The number of benzene rings is 2. The molecule has 0 bridgehead atoms. The second kappa shape index (κ2) is 8.92. The Balaban J connectivity index is 1.28. The minimum Gasteiger partial charge on any atom is -0.351 e. The molecule has 0 radical (unpaired) electrons. The standard InChI is InChI=1S/C23H27ClN4OS/c1-15-4-6-18(14-17(15)3)22(29)25-8-9-27-10-12-28(13-11-27)23-26-20-16(2)5-7-19(24)21(20)30-23/h4-7,14H,8-13H2,1-3H3,(H,25,29).